The number of hydrogen-bond acceptors (Lipinski definition) is 2. The zero-order valence-corrected chi connectivity index (χ0v) is 9.71. The maximum Gasteiger partial charge on any atom is 0.150 e. The first-order valence-electron chi connectivity index (χ1n) is 5.79. The number of halogens is 2. The Hall–Kier alpha value is -1.63. The fourth-order valence-corrected chi connectivity index (χ4v) is 1.92. The van der Waals surface area contributed by atoms with Crippen LogP contribution >= 0.6 is 0 Å². The van der Waals surface area contributed by atoms with Crippen LogP contribution in [0, 0.1) is 28.9 Å². The molecular formula is C13H14F2N2. The number of nitriles is 1. The van der Waals surface area contributed by atoms with E-state index in [1.807, 2.05) is 6.92 Å². The van der Waals surface area contributed by atoms with Crippen molar-refractivity contribution in [3.8, 4) is 6.07 Å². The van der Waals surface area contributed by atoms with Gasteiger partial charge in [-0.2, -0.15) is 5.26 Å². The molecular weight excluding hydrogens is 222 g/mol. The molecule has 0 atom stereocenters. The summed E-state index contributed by atoms with van der Waals surface area (Å²) in [4.78, 5) is 1.71. The first kappa shape index (κ1) is 11.8. The molecule has 1 saturated carbocycles. The van der Waals surface area contributed by atoms with Gasteiger partial charge in [0.15, 0.2) is 11.6 Å². The van der Waals surface area contributed by atoms with Crippen molar-refractivity contribution in [2.24, 2.45) is 5.92 Å². The fraction of sp³-hybridized carbons (Fsp3) is 0.462. The summed E-state index contributed by atoms with van der Waals surface area (Å²) in [5.74, 6) is -0.738. The molecule has 2 rings (SSSR count). The molecule has 0 N–H and O–H groups in total. The van der Waals surface area contributed by atoms with E-state index in [0.717, 1.165) is 25.0 Å². The highest BCUT2D eigenvalue weighted by Crippen LogP contribution is 2.33. The van der Waals surface area contributed by atoms with E-state index in [9.17, 15) is 8.78 Å². The minimum absolute atomic E-state index is 0.00148. The average Bonchev–Trinajstić information content (AvgIpc) is 3.10. The van der Waals surface area contributed by atoms with Gasteiger partial charge >= 0.3 is 0 Å². The molecule has 0 saturated heterocycles. The molecule has 1 fully saturated rings. The third-order valence-electron chi connectivity index (χ3n) is 3.02. The summed E-state index contributed by atoms with van der Waals surface area (Å²) < 4.78 is 27.5. The minimum atomic E-state index is -0.649. The van der Waals surface area contributed by atoms with Crippen LogP contribution in [0.3, 0.4) is 0 Å². The van der Waals surface area contributed by atoms with Crippen molar-refractivity contribution >= 4 is 5.69 Å². The highest BCUT2D eigenvalue weighted by molar-refractivity contribution is 5.52. The highest BCUT2D eigenvalue weighted by Gasteiger charge is 2.26. The highest BCUT2D eigenvalue weighted by atomic mass is 19.1. The summed E-state index contributed by atoms with van der Waals surface area (Å²) >= 11 is 0. The van der Waals surface area contributed by atoms with Crippen LogP contribution in [0.25, 0.3) is 0 Å². The summed E-state index contributed by atoms with van der Waals surface area (Å²) in [6, 6.07) is 3.93. The monoisotopic (exact) mass is 236 g/mol. The second-order valence-electron chi connectivity index (χ2n) is 4.38. The van der Waals surface area contributed by atoms with Gasteiger partial charge in [0.05, 0.1) is 11.6 Å². The number of hydrogen-bond donors (Lipinski definition) is 0. The maximum absolute atomic E-state index is 13.8. The zero-order valence-electron chi connectivity index (χ0n) is 9.71. The van der Waals surface area contributed by atoms with E-state index in [1.165, 1.54) is 0 Å². The van der Waals surface area contributed by atoms with Gasteiger partial charge in [0.2, 0.25) is 0 Å². The van der Waals surface area contributed by atoms with Crippen LogP contribution in [0.2, 0.25) is 0 Å². The molecule has 2 nitrogen and oxygen atoms in total. The fourth-order valence-electron chi connectivity index (χ4n) is 1.92. The standard InChI is InChI=1S/C13H14F2N2/c1-2-17(8-9-3-4-9)13-11(14)5-10(7-16)6-12(13)15/h5-6,9H,2-4,8H2,1H3. The van der Waals surface area contributed by atoms with Crippen molar-refractivity contribution < 1.29 is 8.78 Å². The lowest BCUT2D eigenvalue weighted by Gasteiger charge is -2.24. The molecule has 17 heavy (non-hydrogen) atoms. The van der Waals surface area contributed by atoms with Gasteiger partial charge in [0.1, 0.15) is 5.69 Å². The van der Waals surface area contributed by atoms with Crippen LogP contribution in [0.4, 0.5) is 14.5 Å². The second-order valence-corrected chi connectivity index (χ2v) is 4.38. The molecule has 0 spiro atoms. The van der Waals surface area contributed by atoms with Gasteiger partial charge in [0, 0.05) is 13.1 Å². The molecule has 1 aromatic carbocycles. The molecule has 1 aliphatic rings. The lowest BCUT2D eigenvalue weighted by Crippen LogP contribution is -2.27. The Morgan fingerprint density at radius 1 is 1.35 bits per heavy atom. The molecule has 0 radical (unpaired) electrons. The second kappa shape index (κ2) is 4.70. The van der Waals surface area contributed by atoms with Crippen LogP contribution in [-0.2, 0) is 0 Å². The molecule has 1 aliphatic carbocycles. The van der Waals surface area contributed by atoms with E-state index in [1.54, 1.807) is 11.0 Å². The van der Waals surface area contributed by atoms with E-state index in [-0.39, 0.29) is 11.3 Å². The summed E-state index contributed by atoms with van der Waals surface area (Å²) in [7, 11) is 0. The summed E-state index contributed by atoms with van der Waals surface area (Å²) in [6.45, 7) is 3.13. The molecule has 4 heteroatoms. The first-order chi connectivity index (χ1) is 8.15. The van der Waals surface area contributed by atoms with Crippen molar-refractivity contribution in [1.29, 1.82) is 5.26 Å². The lowest BCUT2D eigenvalue weighted by atomic mass is 10.1. The molecule has 0 heterocycles. The normalized spacial score (nSPS) is 14.5. The third-order valence-corrected chi connectivity index (χ3v) is 3.02. The summed E-state index contributed by atoms with van der Waals surface area (Å²) in [5, 5.41) is 8.63. The number of benzene rings is 1. The average molecular weight is 236 g/mol. The molecule has 1 aromatic rings. The molecule has 0 aromatic heterocycles. The SMILES string of the molecule is CCN(CC1CC1)c1c(F)cc(C#N)cc1F. The van der Waals surface area contributed by atoms with Crippen molar-refractivity contribution in [3.05, 3.63) is 29.3 Å². The number of rotatable bonds is 4. The van der Waals surface area contributed by atoms with Crippen LogP contribution in [0.5, 0.6) is 0 Å². The topological polar surface area (TPSA) is 27.0 Å². The van der Waals surface area contributed by atoms with Crippen molar-refractivity contribution in [2.45, 2.75) is 19.8 Å². The Morgan fingerprint density at radius 3 is 2.35 bits per heavy atom. The van der Waals surface area contributed by atoms with E-state index < -0.39 is 11.6 Å². The van der Waals surface area contributed by atoms with Crippen LogP contribution in [0.1, 0.15) is 25.3 Å². The minimum Gasteiger partial charge on any atom is -0.367 e. The quantitative estimate of drug-likeness (QED) is 0.803. The predicted octanol–water partition coefficient (Wildman–Crippen LogP) is 3.07. The van der Waals surface area contributed by atoms with Gasteiger partial charge in [-0.25, -0.2) is 8.78 Å². The lowest BCUT2D eigenvalue weighted by molar-refractivity contribution is 0.567. The van der Waals surface area contributed by atoms with Gasteiger partial charge in [-0.15, -0.1) is 0 Å². The Balaban J connectivity index is 2.32. The summed E-state index contributed by atoms with van der Waals surface area (Å²) in [5.41, 5.74) is 0.0182. The van der Waals surface area contributed by atoms with E-state index >= 15 is 0 Å². The van der Waals surface area contributed by atoms with Gasteiger partial charge in [-0.05, 0) is 37.8 Å². The maximum atomic E-state index is 13.8. The summed E-state index contributed by atoms with van der Waals surface area (Å²) in [6.07, 6.45) is 2.27. The van der Waals surface area contributed by atoms with Crippen LogP contribution in [0.15, 0.2) is 12.1 Å². The molecule has 0 aliphatic heterocycles. The van der Waals surface area contributed by atoms with Crippen LogP contribution < -0.4 is 4.90 Å². The Morgan fingerprint density at radius 2 is 1.94 bits per heavy atom. The Labute approximate surface area is 99.5 Å². The van der Waals surface area contributed by atoms with E-state index in [0.29, 0.717) is 19.0 Å². The first-order valence-corrected chi connectivity index (χ1v) is 5.79. The Bertz CT molecular complexity index is 438. The molecule has 0 unspecified atom stereocenters. The molecule has 90 valence electrons. The predicted molar refractivity (Wildman–Crippen MR) is 61.7 cm³/mol. The number of nitrogens with zero attached hydrogens (tertiary/aromatic N) is 2. The van der Waals surface area contributed by atoms with Gasteiger partial charge in [-0.3, -0.25) is 0 Å². The van der Waals surface area contributed by atoms with Gasteiger partial charge in [0.25, 0.3) is 0 Å². The number of anilines is 1. The van der Waals surface area contributed by atoms with E-state index in [2.05, 4.69) is 0 Å². The van der Waals surface area contributed by atoms with Gasteiger partial charge in [-0.1, -0.05) is 0 Å². The van der Waals surface area contributed by atoms with Crippen molar-refractivity contribution in [1.82, 2.24) is 0 Å². The van der Waals surface area contributed by atoms with Gasteiger partial charge < -0.3 is 4.90 Å². The van der Waals surface area contributed by atoms with Crippen molar-refractivity contribution in [3.63, 3.8) is 0 Å². The van der Waals surface area contributed by atoms with Crippen LogP contribution in [-0.4, -0.2) is 13.1 Å². The molecule has 0 amide bonds. The smallest absolute Gasteiger partial charge is 0.150 e. The zero-order chi connectivity index (χ0) is 12.4. The largest absolute Gasteiger partial charge is 0.367 e. The Kier molecular flexibility index (Phi) is 3.28. The van der Waals surface area contributed by atoms with E-state index in [4.69, 9.17) is 5.26 Å². The molecule has 0 bridgehead atoms. The third kappa shape index (κ3) is 2.55. The van der Waals surface area contributed by atoms with Crippen molar-refractivity contribution in [2.75, 3.05) is 18.0 Å².